The van der Waals surface area contributed by atoms with E-state index in [1.165, 1.54) is 22.4 Å². The van der Waals surface area contributed by atoms with Gasteiger partial charge < -0.3 is 10.2 Å². The number of nitrogens with zero attached hydrogens (tertiary/aromatic N) is 1. The Morgan fingerprint density at radius 3 is 2.19 bits per heavy atom. The molecule has 1 atom stereocenters. The van der Waals surface area contributed by atoms with Gasteiger partial charge in [-0.1, -0.05) is 56.3 Å². The van der Waals surface area contributed by atoms with Crippen LogP contribution in [0.15, 0.2) is 48.5 Å². The first kappa shape index (κ1) is 14.2. The first-order chi connectivity index (χ1) is 10.3. The highest BCUT2D eigenvalue weighted by Crippen LogP contribution is 2.34. The first-order valence-corrected chi connectivity index (χ1v) is 7.97. The van der Waals surface area contributed by atoms with Crippen molar-refractivity contribution < 1.29 is 0 Å². The number of fused-ring (bicyclic) bond motifs is 1. The summed E-state index contributed by atoms with van der Waals surface area (Å²) < 4.78 is 0. The van der Waals surface area contributed by atoms with Crippen LogP contribution < -0.4 is 10.2 Å². The molecule has 2 nitrogen and oxygen atoms in total. The highest BCUT2D eigenvalue weighted by Gasteiger charge is 2.22. The summed E-state index contributed by atoms with van der Waals surface area (Å²) in [6.45, 7) is 7.48. The van der Waals surface area contributed by atoms with Crippen molar-refractivity contribution in [2.75, 3.05) is 11.4 Å². The van der Waals surface area contributed by atoms with E-state index in [1.807, 2.05) is 0 Å². The Hall–Kier alpha value is -1.80. The maximum atomic E-state index is 3.61. The molecule has 1 N–H and O–H groups in total. The van der Waals surface area contributed by atoms with E-state index in [2.05, 4.69) is 72.6 Å². The SMILES string of the molecule is CCNC(CC)c1ccccc1N1Cc2ccccc2C1. The maximum absolute atomic E-state index is 3.61. The number of rotatable bonds is 5. The van der Waals surface area contributed by atoms with Crippen molar-refractivity contribution in [2.45, 2.75) is 39.4 Å². The first-order valence-electron chi connectivity index (χ1n) is 7.97. The second-order valence-corrected chi connectivity index (χ2v) is 5.70. The van der Waals surface area contributed by atoms with Gasteiger partial charge in [0.2, 0.25) is 0 Å². The molecule has 0 amide bonds. The van der Waals surface area contributed by atoms with Crippen molar-refractivity contribution in [1.29, 1.82) is 0 Å². The van der Waals surface area contributed by atoms with Gasteiger partial charge in [-0.2, -0.15) is 0 Å². The van der Waals surface area contributed by atoms with E-state index >= 15 is 0 Å². The van der Waals surface area contributed by atoms with E-state index in [0.717, 1.165) is 26.1 Å². The number of nitrogens with one attached hydrogen (secondary N) is 1. The molecule has 0 spiro atoms. The van der Waals surface area contributed by atoms with Gasteiger partial charge in [-0.15, -0.1) is 0 Å². The minimum atomic E-state index is 0.440. The van der Waals surface area contributed by atoms with Crippen molar-refractivity contribution in [3.8, 4) is 0 Å². The molecule has 1 unspecified atom stereocenters. The molecule has 3 rings (SSSR count). The van der Waals surface area contributed by atoms with Crippen LogP contribution >= 0.6 is 0 Å². The van der Waals surface area contributed by atoms with Crippen molar-refractivity contribution >= 4 is 5.69 Å². The largest absolute Gasteiger partial charge is 0.363 e. The molecule has 2 heteroatoms. The fourth-order valence-corrected chi connectivity index (χ4v) is 3.29. The third-order valence-corrected chi connectivity index (χ3v) is 4.35. The molecule has 0 aromatic heterocycles. The minimum Gasteiger partial charge on any atom is -0.363 e. The number of benzene rings is 2. The Balaban J connectivity index is 1.90. The Kier molecular flexibility index (Phi) is 4.26. The Morgan fingerprint density at radius 1 is 0.952 bits per heavy atom. The lowest BCUT2D eigenvalue weighted by Gasteiger charge is -2.26. The zero-order chi connectivity index (χ0) is 14.7. The molecule has 2 aromatic rings. The quantitative estimate of drug-likeness (QED) is 0.880. The lowest BCUT2D eigenvalue weighted by atomic mass is 10.0. The summed E-state index contributed by atoms with van der Waals surface area (Å²) in [5.41, 5.74) is 5.73. The van der Waals surface area contributed by atoms with Crippen LogP contribution in [-0.4, -0.2) is 6.54 Å². The van der Waals surface area contributed by atoms with Gasteiger partial charge >= 0.3 is 0 Å². The summed E-state index contributed by atoms with van der Waals surface area (Å²) in [5, 5.41) is 3.61. The second-order valence-electron chi connectivity index (χ2n) is 5.70. The zero-order valence-electron chi connectivity index (χ0n) is 13.0. The molecule has 0 saturated heterocycles. The number of hydrogen-bond donors (Lipinski definition) is 1. The molecule has 110 valence electrons. The zero-order valence-corrected chi connectivity index (χ0v) is 13.0. The number of anilines is 1. The lowest BCUT2D eigenvalue weighted by molar-refractivity contribution is 0.536. The molecule has 0 bridgehead atoms. The summed E-state index contributed by atoms with van der Waals surface area (Å²) >= 11 is 0. The van der Waals surface area contributed by atoms with Crippen LogP contribution in [0.25, 0.3) is 0 Å². The third-order valence-electron chi connectivity index (χ3n) is 4.35. The Morgan fingerprint density at radius 2 is 1.57 bits per heavy atom. The van der Waals surface area contributed by atoms with Crippen LogP contribution in [0.2, 0.25) is 0 Å². The summed E-state index contributed by atoms with van der Waals surface area (Å²) in [6, 6.07) is 18.1. The van der Waals surface area contributed by atoms with Gasteiger partial charge in [0, 0.05) is 24.8 Å². The summed E-state index contributed by atoms with van der Waals surface area (Å²) in [4.78, 5) is 2.50. The molecule has 1 heterocycles. The molecular formula is C19H24N2. The van der Waals surface area contributed by atoms with Gasteiger partial charge in [0.1, 0.15) is 0 Å². The number of para-hydroxylation sites is 1. The van der Waals surface area contributed by atoms with Crippen LogP contribution in [0.4, 0.5) is 5.69 Å². The average Bonchev–Trinajstić information content (AvgIpc) is 2.96. The number of hydrogen-bond acceptors (Lipinski definition) is 2. The fraction of sp³-hybridized carbons (Fsp3) is 0.368. The van der Waals surface area contributed by atoms with E-state index in [-0.39, 0.29) is 0 Å². The topological polar surface area (TPSA) is 15.3 Å². The normalized spacial score (nSPS) is 15.0. The van der Waals surface area contributed by atoms with Gasteiger partial charge in [0.25, 0.3) is 0 Å². The van der Waals surface area contributed by atoms with Gasteiger partial charge in [-0.05, 0) is 35.7 Å². The Labute approximate surface area is 127 Å². The monoisotopic (exact) mass is 280 g/mol. The standard InChI is InChI=1S/C19H24N2/c1-3-18(20-4-2)17-11-7-8-12-19(17)21-13-15-9-5-6-10-16(15)14-21/h5-12,18,20H,3-4,13-14H2,1-2H3. The third kappa shape index (κ3) is 2.81. The van der Waals surface area contributed by atoms with E-state index < -0.39 is 0 Å². The van der Waals surface area contributed by atoms with E-state index in [4.69, 9.17) is 0 Å². The van der Waals surface area contributed by atoms with Crippen LogP contribution in [0.5, 0.6) is 0 Å². The molecule has 0 radical (unpaired) electrons. The van der Waals surface area contributed by atoms with E-state index in [1.54, 1.807) is 0 Å². The highest BCUT2D eigenvalue weighted by atomic mass is 15.1. The van der Waals surface area contributed by atoms with Crippen LogP contribution in [0, 0.1) is 0 Å². The van der Waals surface area contributed by atoms with E-state index in [9.17, 15) is 0 Å². The molecule has 1 aliphatic rings. The van der Waals surface area contributed by atoms with Gasteiger partial charge in [0.15, 0.2) is 0 Å². The van der Waals surface area contributed by atoms with Crippen LogP contribution in [-0.2, 0) is 13.1 Å². The van der Waals surface area contributed by atoms with Gasteiger partial charge in [-0.25, -0.2) is 0 Å². The smallest absolute Gasteiger partial charge is 0.0436 e. The molecule has 21 heavy (non-hydrogen) atoms. The van der Waals surface area contributed by atoms with Gasteiger partial charge in [0.05, 0.1) is 0 Å². The lowest BCUT2D eigenvalue weighted by Crippen LogP contribution is -2.24. The summed E-state index contributed by atoms with van der Waals surface area (Å²) in [6.07, 6.45) is 1.12. The van der Waals surface area contributed by atoms with Crippen LogP contribution in [0.1, 0.15) is 43.0 Å². The molecule has 1 aliphatic heterocycles. The van der Waals surface area contributed by atoms with E-state index in [0.29, 0.717) is 6.04 Å². The molecular weight excluding hydrogens is 256 g/mol. The van der Waals surface area contributed by atoms with Crippen molar-refractivity contribution in [3.05, 3.63) is 65.2 Å². The molecule has 0 saturated carbocycles. The van der Waals surface area contributed by atoms with Crippen LogP contribution in [0.3, 0.4) is 0 Å². The van der Waals surface area contributed by atoms with Crippen molar-refractivity contribution in [3.63, 3.8) is 0 Å². The summed E-state index contributed by atoms with van der Waals surface area (Å²) in [5.74, 6) is 0. The van der Waals surface area contributed by atoms with Gasteiger partial charge in [-0.3, -0.25) is 0 Å². The predicted octanol–water partition coefficient (Wildman–Crippen LogP) is 4.27. The highest BCUT2D eigenvalue weighted by molar-refractivity contribution is 5.58. The minimum absolute atomic E-state index is 0.440. The Bertz CT molecular complexity index is 581. The summed E-state index contributed by atoms with van der Waals surface area (Å²) in [7, 11) is 0. The van der Waals surface area contributed by atoms with Crippen molar-refractivity contribution in [2.24, 2.45) is 0 Å². The molecule has 0 aliphatic carbocycles. The maximum Gasteiger partial charge on any atom is 0.0436 e. The average molecular weight is 280 g/mol. The fourth-order valence-electron chi connectivity index (χ4n) is 3.29. The second kappa shape index (κ2) is 6.31. The molecule has 0 fully saturated rings. The molecule has 2 aromatic carbocycles. The van der Waals surface area contributed by atoms with Crippen molar-refractivity contribution in [1.82, 2.24) is 5.32 Å². The predicted molar refractivity (Wildman–Crippen MR) is 89.5 cm³/mol.